The normalized spacial score (nSPS) is 13.5. The van der Waals surface area contributed by atoms with E-state index in [1.165, 1.54) is 16.3 Å². The number of hydrogen-bond acceptors (Lipinski definition) is 2. The molecule has 0 amide bonds. The van der Waals surface area contributed by atoms with Crippen LogP contribution in [0.1, 0.15) is 28.3 Å². The number of hydrogen-bond donors (Lipinski definition) is 2. The topological polar surface area (TPSA) is 57.4 Å². The Bertz CT molecular complexity index is 1630. The molecule has 166 valence electrons. The molecule has 3 aromatic heterocycles. The Hall–Kier alpha value is -3.96. The second-order valence-corrected chi connectivity index (χ2v) is 14.9. The van der Waals surface area contributed by atoms with Gasteiger partial charge in [-0.25, -0.2) is 9.97 Å². The summed E-state index contributed by atoms with van der Waals surface area (Å²) in [4.78, 5) is 17.1. The molecule has 5 heterocycles. The van der Waals surface area contributed by atoms with Crippen molar-refractivity contribution in [2.75, 3.05) is 0 Å². The van der Waals surface area contributed by atoms with Crippen LogP contribution in [0.3, 0.4) is 0 Å². The fourth-order valence-electron chi connectivity index (χ4n) is 4.73. The van der Waals surface area contributed by atoms with Crippen molar-refractivity contribution < 1.29 is 0 Å². The number of benzene rings is 1. The average Bonchev–Trinajstić information content (AvgIpc) is 3.58. The molecular formula is C29H26N4Si. The minimum absolute atomic E-state index is 0.932. The molecule has 1 aromatic carbocycles. The maximum atomic E-state index is 5.20. The number of fused-ring (bicyclic) bond motifs is 8. The second kappa shape index (κ2) is 7.82. The van der Waals surface area contributed by atoms with Crippen molar-refractivity contribution in [3.05, 3.63) is 107 Å². The summed E-state index contributed by atoms with van der Waals surface area (Å²) in [6.45, 7) is 7.17. The number of H-pyrrole nitrogens is 2. The highest BCUT2D eigenvalue weighted by molar-refractivity contribution is 6.95. The summed E-state index contributed by atoms with van der Waals surface area (Å²) in [5.74, 6) is 0. The molecule has 0 atom stereocenters. The monoisotopic (exact) mass is 458 g/mol. The van der Waals surface area contributed by atoms with E-state index in [2.05, 4.69) is 121 Å². The van der Waals surface area contributed by atoms with Crippen LogP contribution in [0.5, 0.6) is 0 Å². The Morgan fingerprint density at radius 3 is 1.82 bits per heavy atom. The van der Waals surface area contributed by atoms with E-state index in [9.17, 15) is 0 Å². The van der Waals surface area contributed by atoms with Crippen LogP contribution in [0.4, 0.5) is 0 Å². The summed E-state index contributed by atoms with van der Waals surface area (Å²) in [5, 5.41) is 1.37. The number of nitrogens with one attached hydrogen (secondary N) is 2. The molecule has 0 saturated heterocycles. The van der Waals surface area contributed by atoms with Crippen molar-refractivity contribution in [1.29, 1.82) is 0 Å². The molecule has 0 fully saturated rings. The van der Waals surface area contributed by atoms with Gasteiger partial charge in [-0.1, -0.05) is 50.0 Å². The molecule has 4 aromatic rings. The number of aromatic nitrogens is 4. The molecule has 34 heavy (non-hydrogen) atoms. The van der Waals surface area contributed by atoms with Gasteiger partial charge in [0.2, 0.25) is 0 Å². The van der Waals surface area contributed by atoms with Crippen molar-refractivity contribution >= 4 is 53.1 Å². The fourth-order valence-corrected chi connectivity index (χ4v) is 6.65. The lowest BCUT2D eigenvalue weighted by atomic mass is 10.0. The first-order valence-electron chi connectivity index (χ1n) is 11.6. The van der Waals surface area contributed by atoms with E-state index in [1.54, 1.807) is 0 Å². The molecule has 0 saturated carbocycles. The van der Waals surface area contributed by atoms with Crippen LogP contribution in [0.2, 0.25) is 19.6 Å². The highest BCUT2D eigenvalue weighted by Gasteiger charge is 2.31. The van der Waals surface area contributed by atoms with Gasteiger partial charge in [-0.3, -0.25) is 0 Å². The van der Waals surface area contributed by atoms with Gasteiger partial charge in [0.1, 0.15) is 0 Å². The number of aromatic amines is 2. The zero-order valence-electron chi connectivity index (χ0n) is 19.6. The molecule has 2 aliphatic heterocycles. The van der Waals surface area contributed by atoms with Gasteiger partial charge in [0.15, 0.2) is 0 Å². The lowest BCUT2D eigenvalue weighted by Gasteiger charge is -2.21. The molecule has 4 nitrogen and oxygen atoms in total. The van der Waals surface area contributed by atoms with Gasteiger partial charge < -0.3 is 9.97 Å². The van der Waals surface area contributed by atoms with Gasteiger partial charge in [-0.15, -0.1) is 0 Å². The summed E-state index contributed by atoms with van der Waals surface area (Å²) in [6, 6.07) is 27.6. The maximum absolute atomic E-state index is 5.20. The molecule has 0 aliphatic carbocycles. The maximum Gasteiger partial charge on any atom is 0.0813 e. The van der Waals surface area contributed by atoms with Crippen molar-refractivity contribution in [3.8, 4) is 0 Å². The van der Waals surface area contributed by atoms with E-state index < -0.39 is 8.07 Å². The molecule has 5 heteroatoms. The first-order valence-corrected chi connectivity index (χ1v) is 15.1. The SMILES string of the molecule is C[Si](C)(C)C1=C(c2ccccc2)c2cc3ccc(cc4ccc(cc5nc(cc1n2)C=C5)[nH]4)[nH]3. The largest absolute Gasteiger partial charge is 0.355 e. The van der Waals surface area contributed by atoms with Crippen LogP contribution in [0.25, 0.3) is 45.0 Å². The Balaban J connectivity index is 1.73. The van der Waals surface area contributed by atoms with Crippen molar-refractivity contribution in [3.63, 3.8) is 0 Å². The van der Waals surface area contributed by atoms with Crippen LogP contribution in [0.15, 0.2) is 78.9 Å². The van der Waals surface area contributed by atoms with Crippen molar-refractivity contribution in [2.45, 2.75) is 19.6 Å². The molecular weight excluding hydrogens is 432 g/mol. The third kappa shape index (κ3) is 3.84. The molecule has 0 unspecified atom stereocenters. The molecule has 2 aliphatic rings. The molecule has 8 bridgehead atoms. The van der Waals surface area contributed by atoms with Crippen molar-refractivity contribution in [1.82, 2.24) is 19.9 Å². The third-order valence-corrected chi connectivity index (χ3v) is 8.16. The van der Waals surface area contributed by atoms with E-state index in [0.29, 0.717) is 0 Å². The number of rotatable bonds is 2. The zero-order valence-corrected chi connectivity index (χ0v) is 20.6. The Morgan fingerprint density at radius 1 is 0.588 bits per heavy atom. The van der Waals surface area contributed by atoms with E-state index in [-0.39, 0.29) is 0 Å². The van der Waals surface area contributed by atoms with Gasteiger partial charge in [-0.2, -0.15) is 0 Å². The molecule has 2 N–H and O–H groups in total. The van der Waals surface area contributed by atoms with Crippen LogP contribution in [-0.2, 0) is 0 Å². The first-order chi connectivity index (χ1) is 16.4. The van der Waals surface area contributed by atoms with E-state index >= 15 is 0 Å². The van der Waals surface area contributed by atoms with E-state index in [4.69, 9.17) is 9.97 Å². The highest BCUT2D eigenvalue weighted by atomic mass is 28.3. The van der Waals surface area contributed by atoms with E-state index in [0.717, 1.165) is 44.8 Å². The molecule has 0 spiro atoms. The Kier molecular flexibility index (Phi) is 4.74. The summed E-state index contributed by atoms with van der Waals surface area (Å²) in [6.07, 6.45) is 4.14. The summed E-state index contributed by atoms with van der Waals surface area (Å²) < 4.78 is 0. The van der Waals surface area contributed by atoms with Crippen LogP contribution in [-0.4, -0.2) is 28.0 Å². The molecule has 6 rings (SSSR count). The van der Waals surface area contributed by atoms with Crippen LogP contribution < -0.4 is 0 Å². The van der Waals surface area contributed by atoms with Gasteiger partial charge >= 0.3 is 0 Å². The summed E-state index contributed by atoms with van der Waals surface area (Å²) >= 11 is 0. The minimum Gasteiger partial charge on any atom is -0.355 e. The van der Waals surface area contributed by atoms with Crippen LogP contribution >= 0.6 is 0 Å². The highest BCUT2D eigenvalue weighted by Crippen LogP contribution is 2.40. The molecule has 0 radical (unpaired) electrons. The predicted octanol–water partition coefficient (Wildman–Crippen LogP) is 7.32. The number of nitrogens with zero attached hydrogens (tertiary/aromatic N) is 2. The Morgan fingerprint density at radius 2 is 1.18 bits per heavy atom. The Labute approximate surface area is 199 Å². The lowest BCUT2D eigenvalue weighted by molar-refractivity contribution is 1.27. The fraction of sp³-hybridized carbons (Fsp3) is 0.103. The first kappa shape index (κ1) is 20.6. The lowest BCUT2D eigenvalue weighted by Crippen LogP contribution is -2.23. The smallest absolute Gasteiger partial charge is 0.0813 e. The predicted molar refractivity (Wildman–Crippen MR) is 146 cm³/mol. The van der Waals surface area contributed by atoms with Crippen molar-refractivity contribution in [2.24, 2.45) is 0 Å². The summed E-state index contributed by atoms with van der Waals surface area (Å²) in [7, 11) is -1.76. The van der Waals surface area contributed by atoms with Gasteiger partial charge in [0.05, 0.1) is 30.8 Å². The zero-order chi connectivity index (χ0) is 23.3. The second-order valence-electron chi connectivity index (χ2n) is 9.86. The van der Waals surface area contributed by atoms with Crippen LogP contribution in [0, 0.1) is 0 Å². The summed E-state index contributed by atoms with van der Waals surface area (Å²) in [5.41, 5.74) is 10.5. The van der Waals surface area contributed by atoms with Gasteiger partial charge in [-0.05, 0) is 71.4 Å². The quantitative estimate of drug-likeness (QED) is 0.272. The third-order valence-electron chi connectivity index (χ3n) is 6.15. The van der Waals surface area contributed by atoms with Gasteiger partial charge in [0, 0.05) is 27.6 Å². The standard InChI is InChI=1S/C29H26N4Si/c1-34(2,3)29-27-18-25-14-12-23(32-25)16-21-10-9-20(30-21)15-22-11-13-24(31-22)17-26(33-27)28(29)19-7-5-4-6-8-19/h4-18,30-31H,1-3H3. The minimum atomic E-state index is -1.76. The van der Waals surface area contributed by atoms with E-state index in [1.807, 2.05) is 0 Å². The average molecular weight is 459 g/mol. The van der Waals surface area contributed by atoms with Gasteiger partial charge in [0.25, 0.3) is 0 Å².